The molecule has 0 aromatic rings. The van der Waals surface area contributed by atoms with Gasteiger partial charge in [-0.25, -0.2) is 0 Å². The zero-order valence-corrected chi connectivity index (χ0v) is 8.57. The number of hydrogen-bond acceptors (Lipinski definition) is 2. The normalized spacial score (nSPS) is 14.7. The monoisotopic (exact) mass is 203 g/mol. The number of unbranched alkanes of at least 4 members (excludes halogenated alkanes) is 1. The van der Waals surface area contributed by atoms with E-state index < -0.39 is 0 Å². The van der Waals surface area contributed by atoms with E-state index in [1.165, 1.54) is 0 Å². The Morgan fingerprint density at radius 1 is 1.53 bits per heavy atom. The molecule has 0 spiro atoms. The van der Waals surface area contributed by atoms with Crippen molar-refractivity contribution in [3.05, 3.63) is 22.1 Å². The van der Waals surface area contributed by atoms with Crippen molar-refractivity contribution < 1.29 is 4.79 Å². The molecular weight excluding hydrogens is 190 g/mol. The fourth-order valence-corrected chi connectivity index (χ4v) is 1.35. The van der Waals surface area contributed by atoms with E-state index >= 15 is 0 Å². The number of allylic oxidation sites excluding steroid dienone is 2. The summed E-state index contributed by atoms with van der Waals surface area (Å²) < 4.78 is 0. The maximum absolute atomic E-state index is 11.0. The molecule has 0 unspecified atom stereocenters. The van der Waals surface area contributed by atoms with Gasteiger partial charge in [-0.2, -0.15) is 0 Å². The molecule has 15 heavy (non-hydrogen) atoms. The molecule has 0 bridgehead atoms. The lowest BCUT2D eigenvalue weighted by atomic mass is 9.99. The van der Waals surface area contributed by atoms with Crippen molar-refractivity contribution in [1.82, 2.24) is 0 Å². The fourth-order valence-electron chi connectivity index (χ4n) is 1.35. The van der Waals surface area contributed by atoms with Crippen molar-refractivity contribution in [3.63, 3.8) is 0 Å². The molecule has 0 fully saturated rings. The summed E-state index contributed by atoms with van der Waals surface area (Å²) in [5, 5.41) is 3.41. The first-order valence-corrected chi connectivity index (χ1v) is 5.06. The van der Waals surface area contributed by atoms with Crippen LogP contribution in [0.1, 0.15) is 32.1 Å². The highest BCUT2D eigenvalue weighted by Gasteiger charge is 2.06. The number of nitrogens with zero attached hydrogens (tertiary/aromatic N) is 3. The Balaban J connectivity index is 2.31. The predicted octanol–water partition coefficient (Wildman–Crippen LogP) is 2.76. The van der Waals surface area contributed by atoms with Crippen molar-refractivity contribution in [2.24, 2.45) is 5.11 Å². The van der Waals surface area contributed by atoms with Gasteiger partial charge in [0.2, 0.25) is 0 Å². The predicted molar refractivity (Wildman–Crippen MR) is 58.0 cm³/mol. The first-order valence-electron chi connectivity index (χ1n) is 5.06. The van der Waals surface area contributed by atoms with Gasteiger partial charge in [0.25, 0.3) is 0 Å². The summed E-state index contributed by atoms with van der Waals surface area (Å²) in [5.41, 5.74) is 8.97. The summed E-state index contributed by atoms with van der Waals surface area (Å²) in [6.45, 7) is 0.489. The van der Waals surface area contributed by atoms with Crippen LogP contribution >= 0.6 is 0 Å². The van der Waals surface area contributed by atoms with Gasteiger partial charge in [0.15, 0.2) is 5.78 Å². The van der Waals surface area contributed by atoms with E-state index in [9.17, 15) is 4.79 Å². The molecular formula is C11H13N3O. The first-order chi connectivity index (χ1) is 7.33. The summed E-state index contributed by atoms with van der Waals surface area (Å²) in [6.07, 6.45) is 5.61. The lowest BCUT2D eigenvalue weighted by Crippen LogP contribution is -2.01. The van der Waals surface area contributed by atoms with Crippen LogP contribution < -0.4 is 0 Å². The highest BCUT2D eigenvalue weighted by molar-refractivity contribution is 5.91. The second-order valence-electron chi connectivity index (χ2n) is 3.35. The molecule has 0 radical (unpaired) electrons. The minimum atomic E-state index is 0.180. The third kappa shape index (κ3) is 4.90. The van der Waals surface area contributed by atoms with Gasteiger partial charge >= 0.3 is 0 Å². The molecule has 0 aromatic heterocycles. The van der Waals surface area contributed by atoms with Crippen LogP contribution in [0.5, 0.6) is 0 Å². The summed E-state index contributed by atoms with van der Waals surface area (Å²) in [6, 6.07) is 0. The third-order valence-electron chi connectivity index (χ3n) is 2.08. The molecule has 1 aliphatic carbocycles. The molecule has 78 valence electrons. The van der Waals surface area contributed by atoms with Gasteiger partial charge in [0.1, 0.15) is 0 Å². The van der Waals surface area contributed by atoms with Crippen molar-refractivity contribution in [2.45, 2.75) is 32.1 Å². The van der Waals surface area contributed by atoms with E-state index in [-0.39, 0.29) is 5.78 Å². The molecule has 1 rings (SSSR count). The highest BCUT2D eigenvalue weighted by atomic mass is 16.1. The molecule has 0 amide bonds. The van der Waals surface area contributed by atoms with Crippen LogP contribution in [0, 0.1) is 11.8 Å². The lowest BCUT2D eigenvalue weighted by Gasteiger charge is -2.04. The Morgan fingerprint density at radius 3 is 3.13 bits per heavy atom. The van der Waals surface area contributed by atoms with Gasteiger partial charge in [-0.3, -0.25) is 4.79 Å². The third-order valence-corrected chi connectivity index (χ3v) is 2.08. The van der Waals surface area contributed by atoms with E-state index in [0.717, 1.165) is 24.8 Å². The Kier molecular flexibility index (Phi) is 5.07. The van der Waals surface area contributed by atoms with Crippen LogP contribution in [0.2, 0.25) is 0 Å². The number of hydrogen-bond donors (Lipinski definition) is 0. The Labute approximate surface area is 89.0 Å². The van der Waals surface area contributed by atoms with Crippen LogP contribution in [-0.4, -0.2) is 12.3 Å². The van der Waals surface area contributed by atoms with Crippen LogP contribution in [0.4, 0.5) is 0 Å². The lowest BCUT2D eigenvalue weighted by molar-refractivity contribution is -0.115. The SMILES string of the molecule is [N-]=[N+]=NCCCC#CC1=CC(=O)CCC1. The summed E-state index contributed by atoms with van der Waals surface area (Å²) in [7, 11) is 0. The molecule has 0 aromatic carbocycles. The molecule has 0 N–H and O–H groups in total. The molecule has 0 aliphatic heterocycles. The summed E-state index contributed by atoms with van der Waals surface area (Å²) in [5.74, 6) is 6.15. The number of carbonyl (C=O) groups is 1. The standard InChI is InChI=1S/C11H13N3O/c12-14-13-8-3-1-2-5-10-6-4-7-11(15)9-10/h9H,1,3-4,6-8H2. The minimum absolute atomic E-state index is 0.180. The molecule has 1 aliphatic rings. The zero-order chi connectivity index (χ0) is 10.9. The van der Waals surface area contributed by atoms with Crippen LogP contribution in [0.3, 0.4) is 0 Å². The van der Waals surface area contributed by atoms with Crippen molar-refractivity contribution >= 4 is 5.78 Å². The highest BCUT2D eigenvalue weighted by Crippen LogP contribution is 2.13. The Morgan fingerprint density at radius 2 is 2.40 bits per heavy atom. The molecule has 0 heterocycles. The number of rotatable bonds is 3. The van der Waals surface area contributed by atoms with Gasteiger partial charge in [0.05, 0.1) is 0 Å². The molecule has 0 atom stereocenters. The first kappa shape index (κ1) is 11.4. The smallest absolute Gasteiger partial charge is 0.156 e. The maximum Gasteiger partial charge on any atom is 0.156 e. The van der Waals surface area contributed by atoms with Crippen LogP contribution in [-0.2, 0) is 4.79 Å². The average molecular weight is 203 g/mol. The molecule has 4 heteroatoms. The minimum Gasteiger partial charge on any atom is -0.295 e. The van der Waals surface area contributed by atoms with E-state index in [1.807, 2.05) is 0 Å². The van der Waals surface area contributed by atoms with Crippen LogP contribution in [0.15, 0.2) is 16.8 Å². The van der Waals surface area contributed by atoms with Gasteiger partial charge in [-0.05, 0) is 30.9 Å². The van der Waals surface area contributed by atoms with E-state index in [4.69, 9.17) is 5.53 Å². The molecule has 0 saturated heterocycles. The van der Waals surface area contributed by atoms with E-state index in [1.54, 1.807) is 6.08 Å². The Bertz CT molecular complexity index is 367. The van der Waals surface area contributed by atoms with Gasteiger partial charge in [0, 0.05) is 29.9 Å². The van der Waals surface area contributed by atoms with Crippen LogP contribution in [0.25, 0.3) is 10.4 Å². The summed E-state index contributed by atoms with van der Waals surface area (Å²) in [4.78, 5) is 13.7. The fraction of sp³-hybridized carbons (Fsp3) is 0.545. The molecule has 4 nitrogen and oxygen atoms in total. The van der Waals surface area contributed by atoms with Crippen molar-refractivity contribution in [2.75, 3.05) is 6.54 Å². The zero-order valence-electron chi connectivity index (χ0n) is 8.57. The summed E-state index contributed by atoms with van der Waals surface area (Å²) >= 11 is 0. The quantitative estimate of drug-likeness (QED) is 0.228. The molecule has 0 saturated carbocycles. The second-order valence-corrected chi connectivity index (χ2v) is 3.35. The largest absolute Gasteiger partial charge is 0.295 e. The number of ketones is 1. The maximum atomic E-state index is 11.0. The number of carbonyl (C=O) groups excluding carboxylic acids is 1. The topological polar surface area (TPSA) is 65.8 Å². The van der Waals surface area contributed by atoms with Crippen molar-refractivity contribution in [3.8, 4) is 11.8 Å². The van der Waals surface area contributed by atoms with Gasteiger partial charge in [-0.1, -0.05) is 17.0 Å². The van der Waals surface area contributed by atoms with Crippen molar-refractivity contribution in [1.29, 1.82) is 0 Å². The van der Waals surface area contributed by atoms with Gasteiger partial charge < -0.3 is 0 Å². The average Bonchev–Trinajstić information content (AvgIpc) is 2.23. The number of azide groups is 1. The van der Waals surface area contributed by atoms with Gasteiger partial charge in [-0.15, -0.1) is 0 Å². The Hall–Kier alpha value is -1.72. The second kappa shape index (κ2) is 6.69. The van der Waals surface area contributed by atoms with E-state index in [0.29, 0.717) is 19.4 Å². The van der Waals surface area contributed by atoms with E-state index in [2.05, 4.69) is 21.9 Å².